The number of halogens is 1. The van der Waals surface area contributed by atoms with Crippen LogP contribution in [0.5, 0.6) is 0 Å². The van der Waals surface area contributed by atoms with Crippen molar-refractivity contribution in [1.29, 1.82) is 5.26 Å². The van der Waals surface area contributed by atoms with Crippen LogP contribution in [0.1, 0.15) is 21.5 Å². The summed E-state index contributed by atoms with van der Waals surface area (Å²) in [4.78, 5) is 24.0. The SMILES string of the molecule is N#Cc1ccc(NC(=O)COC(=O)c2ccc(Cn3cccn3)cc2)cc1Cl. The van der Waals surface area contributed by atoms with Crippen molar-refractivity contribution in [1.82, 2.24) is 9.78 Å². The standard InChI is InChI=1S/C20H15ClN4O3/c21-18-10-17(7-6-16(18)11-22)24-19(26)13-28-20(27)15-4-2-14(3-5-15)12-25-9-1-8-23-25/h1-10H,12-13H2,(H,24,26). The van der Waals surface area contributed by atoms with Crippen LogP contribution in [0.25, 0.3) is 0 Å². The first-order valence-electron chi connectivity index (χ1n) is 8.28. The molecule has 2 aromatic carbocycles. The van der Waals surface area contributed by atoms with Crippen molar-refractivity contribution < 1.29 is 14.3 Å². The number of carbonyl (C=O) groups excluding carboxylic acids is 2. The molecule has 0 saturated heterocycles. The molecule has 1 heterocycles. The summed E-state index contributed by atoms with van der Waals surface area (Å²) in [6.07, 6.45) is 3.55. The van der Waals surface area contributed by atoms with E-state index in [0.717, 1.165) is 5.56 Å². The number of amides is 1. The van der Waals surface area contributed by atoms with Gasteiger partial charge in [0.15, 0.2) is 6.61 Å². The van der Waals surface area contributed by atoms with Crippen molar-refractivity contribution >= 4 is 29.2 Å². The number of carbonyl (C=O) groups is 2. The zero-order valence-corrected chi connectivity index (χ0v) is 15.4. The number of aromatic nitrogens is 2. The van der Waals surface area contributed by atoms with E-state index in [-0.39, 0.29) is 5.02 Å². The molecule has 0 saturated carbocycles. The van der Waals surface area contributed by atoms with Crippen molar-refractivity contribution in [3.8, 4) is 6.07 Å². The molecule has 7 nitrogen and oxygen atoms in total. The predicted molar refractivity (Wildman–Crippen MR) is 103 cm³/mol. The number of ether oxygens (including phenoxy) is 1. The summed E-state index contributed by atoms with van der Waals surface area (Å²) in [5.41, 5.74) is 2.05. The van der Waals surface area contributed by atoms with Crippen LogP contribution in [0, 0.1) is 11.3 Å². The fourth-order valence-electron chi connectivity index (χ4n) is 2.42. The first kappa shape index (κ1) is 19.1. The maximum Gasteiger partial charge on any atom is 0.338 e. The molecule has 8 heteroatoms. The van der Waals surface area contributed by atoms with E-state index in [1.165, 1.54) is 12.1 Å². The molecule has 0 aliphatic carbocycles. The smallest absolute Gasteiger partial charge is 0.338 e. The molecule has 0 fully saturated rings. The number of esters is 1. The molecule has 0 aliphatic heterocycles. The minimum absolute atomic E-state index is 0.229. The second-order valence-electron chi connectivity index (χ2n) is 5.83. The lowest BCUT2D eigenvalue weighted by Crippen LogP contribution is -2.21. The maximum absolute atomic E-state index is 12.1. The molecule has 0 bridgehead atoms. The van der Waals surface area contributed by atoms with Gasteiger partial charge >= 0.3 is 5.97 Å². The maximum atomic E-state index is 12.1. The summed E-state index contributed by atoms with van der Waals surface area (Å²) in [6.45, 7) is 0.156. The van der Waals surface area contributed by atoms with Crippen LogP contribution < -0.4 is 5.32 Å². The predicted octanol–water partition coefficient (Wildman–Crippen LogP) is 3.25. The number of nitriles is 1. The molecule has 0 spiro atoms. The van der Waals surface area contributed by atoms with Gasteiger partial charge in [-0.3, -0.25) is 9.48 Å². The number of nitrogens with zero attached hydrogens (tertiary/aromatic N) is 3. The number of nitrogens with one attached hydrogen (secondary N) is 1. The number of hydrogen-bond acceptors (Lipinski definition) is 5. The molecular formula is C20H15ClN4O3. The Balaban J connectivity index is 1.51. The normalized spacial score (nSPS) is 10.1. The summed E-state index contributed by atoms with van der Waals surface area (Å²) in [6, 6.07) is 15.1. The van der Waals surface area contributed by atoms with Gasteiger partial charge in [0.05, 0.1) is 22.7 Å². The quantitative estimate of drug-likeness (QED) is 0.647. The van der Waals surface area contributed by atoms with Gasteiger partial charge in [0.25, 0.3) is 5.91 Å². The van der Waals surface area contributed by atoms with Gasteiger partial charge in [-0.15, -0.1) is 0 Å². The molecule has 3 aromatic rings. The van der Waals surface area contributed by atoms with Crippen LogP contribution in [0.3, 0.4) is 0 Å². The van der Waals surface area contributed by atoms with Gasteiger partial charge in [-0.25, -0.2) is 4.79 Å². The monoisotopic (exact) mass is 394 g/mol. The highest BCUT2D eigenvalue weighted by molar-refractivity contribution is 6.32. The van der Waals surface area contributed by atoms with Crippen molar-refractivity contribution in [3.63, 3.8) is 0 Å². The number of anilines is 1. The zero-order valence-electron chi connectivity index (χ0n) is 14.6. The Bertz CT molecular complexity index is 1020. The number of hydrogen-bond donors (Lipinski definition) is 1. The fourth-order valence-corrected chi connectivity index (χ4v) is 2.65. The second kappa shape index (κ2) is 8.84. The van der Waals surface area contributed by atoms with Gasteiger partial charge in [-0.2, -0.15) is 10.4 Å². The lowest BCUT2D eigenvalue weighted by Gasteiger charge is -2.08. The van der Waals surface area contributed by atoms with E-state index in [9.17, 15) is 9.59 Å². The fraction of sp³-hybridized carbons (Fsp3) is 0.100. The van der Waals surface area contributed by atoms with Gasteiger partial charge in [-0.1, -0.05) is 23.7 Å². The molecule has 140 valence electrons. The zero-order chi connectivity index (χ0) is 19.9. The van der Waals surface area contributed by atoms with Gasteiger partial charge in [0, 0.05) is 18.1 Å². The topological polar surface area (TPSA) is 97.0 Å². The van der Waals surface area contributed by atoms with Gasteiger partial charge in [-0.05, 0) is 42.0 Å². The van der Waals surface area contributed by atoms with E-state index in [2.05, 4.69) is 10.4 Å². The largest absolute Gasteiger partial charge is 0.452 e. The molecule has 1 amide bonds. The van der Waals surface area contributed by atoms with Crippen molar-refractivity contribution in [2.24, 2.45) is 0 Å². The summed E-state index contributed by atoms with van der Waals surface area (Å²) >= 11 is 5.91. The average Bonchev–Trinajstić information content (AvgIpc) is 3.20. The second-order valence-corrected chi connectivity index (χ2v) is 6.24. The summed E-state index contributed by atoms with van der Waals surface area (Å²) in [5, 5.41) is 15.8. The Labute approximate surface area is 166 Å². The Morgan fingerprint density at radius 1 is 1.21 bits per heavy atom. The van der Waals surface area contributed by atoms with E-state index in [0.29, 0.717) is 23.4 Å². The molecule has 0 radical (unpaired) electrons. The van der Waals surface area contributed by atoms with Crippen LogP contribution in [-0.4, -0.2) is 28.3 Å². The van der Waals surface area contributed by atoms with Crippen LogP contribution >= 0.6 is 11.6 Å². The highest BCUT2D eigenvalue weighted by Crippen LogP contribution is 2.20. The summed E-state index contributed by atoms with van der Waals surface area (Å²) in [5.74, 6) is -1.11. The summed E-state index contributed by atoms with van der Waals surface area (Å²) < 4.78 is 6.80. The summed E-state index contributed by atoms with van der Waals surface area (Å²) in [7, 11) is 0. The minimum atomic E-state index is -0.598. The Kier molecular flexibility index (Phi) is 6.04. The number of rotatable bonds is 6. The first-order valence-corrected chi connectivity index (χ1v) is 8.66. The average molecular weight is 395 g/mol. The van der Waals surface area contributed by atoms with Crippen molar-refractivity contribution in [2.45, 2.75) is 6.54 Å². The van der Waals surface area contributed by atoms with E-state index < -0.39 is 18.5 Å². The number of benzene rings is 2. The van der Waals surface area contributed by atoms with E-state index >= 15 is 0 Å². The Morgan fingerprint density at radius 3 is 2.64 bits per heavy atom. The first-order chi connectivity index (χ1) is 13.5. The third-order valence-corrected chi connectivity index (χ3v) is 4.11. The third kappa shape index (κ3) is 4.96. The van der Waals surface area contributed by atoms with Gasteiger partial charge < -0.3 is 10.1 Å². The van der Waals surface area contributed by atoms with E-state index in [1.807, 2.05) is 18.3 Å². The van der Waals surface area contributed by atoms with Gasteiger partial charge in [0.2, 0.25) is 0 Å². The molecule has 0 unspecified atom stereocenters. The van der Waals surface area contributed by atoms with E-state index in [4.69, 9.17) is 21.6 Å². The molecule has 28 heavy (non-hydrogen) atoms. The minimum Gasteiger partial charge on any atom is -0.452 e. The lowest BCUT2D eigenvalue weighted by atomic mass is 10.1. The van der Waals surface area contributed by atoms with E-state index in [1.54, 1.807) is 41.2 Å². The molecule has 0 aliphatic rings. The Hall–Kier alpha value is -3.63. The van der Waals surface area contributed by atoms with Crippen molar-refractivity contribution in [2.75, 3.05) is 11.9 Å². The van der Waals surface area contributed by atoms with Crippen LogP contribution in [0.4, 0.5) is 5.69 Å². The molecular weight excluding hydrogens is 380 g/mol. The highest BCUT2D eigenvalue weighted by Gasteiger charge is 2.11. The van der Waals surface area contributed by atoms with Crippen LogP contribution in [-0.2, 0) is 16.1 Å². The molecule has 3 rings (SSSR count). The molecule has 1 N–H and O–H groups in total. The van der Waals surface area contributed by atoms with Gasteiger partial charge in [0.1, 0.15) is 6.07 Å². The van der Waals surface area contributed by atoms with Crippen LogP contribution in [0.15, 0.2) is 60.9 Å². The van der Waals surface area contributed by atoms with Crippen LogP contribution in [0.2, 0.25) is 5.02 Å². The molecule has 0 atom stereocenters. The Morgan fingerprint density at radius 2 is 2.00 bits per heavy atom. The lowest BCUT2D eigenvalue weighted by molar-refractivity contribution is -0.119. The third-order valence-electron chi connectivity index (χ3n) is 3.80. The molecule has 1 aromatic heterocycles. The highest BCUT2D eigenvalue weighted by atomic mass is 35.5. The van der Waals surface area contributed by atoms with Crippen molar-refractivity contribution in [3.05, 3.63) is 82.6 Å².